The van der Waals surface area contributed by atoms with Gasteiger partial charge in [0.15, 0.2) is 11.8 Å². The summed E-state index contributed by atoms with van der Waals surface area (Å²) in [5.74, 6) is 1.89. The Morgan fingerprint density at radius 3 is 2.84 bits per heavy atom. The maximum atomic E-state index is 4.97. The second kappa shape index (κ2) is 7.83. The van der Waals surface area contributed by atoms with Crippen molar-refractivity contribution in [3.05, 3.63) is 47.2 Å². The summed E-state index contributed by atoms with van der Waals surface area (Å²) < 4.78 is 4.97. The lowest BCUT2D eigenvalue weighted by atomic mass is 10.1. The van der Waals surface area contributed by atoms with Crippen LogP contribution in [0, 0.1) is 13.8 Å². The van der Waals surface area contributed by atoms with E-state index in [1.165, 1.54) is 22.2 Å². The molecule has 0 saturated heterocycles. The Balaban J connectivity index is 1.62. The van der Waals surface area contributed by atoms with Crippen LogP contribution in [0.4, 0.5) is 0 Å². The molecule has 0 amide bonds. The van der Waals surface area contributed by atoms with E-state index in [0.29, 0.717) is 18.3 Å². The maximum Gasteiger partial charge on any atom is 0.223 e. The largest absolute Gasteiger partial charge is 0.358 e. The van der Waals surface area contributed by atoms with Gasteiger partial charge < -0.3 is 20.1 Å². The SMILES string of the molecule is CCNC(=NCc1noc(C)n1)NCCc1c(C)[nH]c2ccccc12. The molecule has 0 fully saturated rings. The smallest absolute Gasteiger partial charge is 0.223 e. The van der Waals surface area contributed by atoms with Crippen molar-refractivity contribution in [2.75, 3.05) is 13.1 Å². The number of hydrogen-bond donors (Lipinski definition) is 3. The quantitative estimate of drug-likeness (QED) is 0.474. The van der Waals surface area contributed by atoms with Gasteiger partial charge in [-0.1, -0.05) is 23.4 Å². The van der Waals surface area contributed by atoms with E-state index in [4.69, 9.17) is 4.52 Å². The van der Waals surface area contributed by atoms with Crippen LogP contribution in [0.15, 0.2) is 33.8 Å². The summed E-state index contributed by atoms with van der Waals surface area (Å²) in [4.78, 5) is 12.1. The Kier molecular flexibility index (Phi) is 5.33. The maximum absolute atomic E-state index is 4.97. The summed E-state index contributed by atoms with van der Waals surface area (Å²) in [6.07, 6.45) is 0.918. The zero-order valence-corrected chi connectivity index (χ0v) is 14.9. The van der Waals surface area contributed by atoms with Crippen LogP contribution in [0.1, 0.15) is 29.9 Å². The van der Waals surface area contributed by atoms with E-state index < -0.39 is 0 Å². The minimum Gasteiger partial charge on any atom is -0.358 e. The van der Waals surface area contributed by atoms with Crippen molar-refractivity contribution >= 4 is 16.9 Å². The number of hydrogen-bond acceptors (Lipinski definition) is 4. The van der Waals surface area contributed by atoms with Gasteiger partial charge in [0.1, 0.15) is 6.54 Å². The predicted molar refractivity (Wildman–Crippen MR) is 98.6 cm³/mol. The number of aryl methyl sites for hydroxylation is 2. The Labute approximate surface area is 146 Å². The van der Waals surface area contributed by atoms with Crippen LogP contribution in [-0.2, 0) is 13.0 Å². The minimum absolute atomic E-state index is 0.388. The first-order chi connectivity index (χ1) is 12.2. The lowest BCUT2D eigenvalue weighted by molar-refractivity contribution is 0.387. The van der Waals surface area contributed by atoms with Crippen LogP contribution >= 0.6 is 0 Å². The Morgan fingerprint density at radius 2 is 2.08 bits per heavy atom. The van der Waals surface area contributed by atoms with Crippen molar-refractivity contribution in [2.45, 2.75) is 33.7 Å². The van der Waals surface area contributed by atoms with Crippen LogP contribution in [0.3, 0.4) is 0 Å². The van der Waals surface area contributed by atoms with Crippen LogP contribution in [0.2, 0.25) is 0 Å². The molecule has 0 unspecified atom stereocenters. The van der Waals surface area contributed by atoms with E-state index in [-0.39, 0.29) is 0 Å². The van der Waals surface area contributed by atoms with E-state index in [2.05, 4.69) is 61.9 Å². The lowest BCUT2D eigenvalue weighted by Crippen LogP contribution is -2.38. The third-order valence-corrected chi connectivity index (χ3v) is 3.99. The number of aromatic amines is 1. The predicted octanol–water partition coefficient (Wildman–Crippen LogP) is 2.47. The molecule has 7 nitrogen and oxygen atoms in total. The molecule has 0 bridgehead atoms. The average Bonchev–Trinajstić information content (AvgIpc) is 3.16. The topological polar surface area (TPSA) is 91.1 Å². The van der Waals surface area contributed by atoms with Crippen molar-refractivity contribution < 1.29 is 4.52 Å². The standard InChI is InChI=1S/C18H24N6O/c1-4-19-18(21-11-17-23-13(3)25-24-17)20-10-9-14-12(2)22-16-8-6-5-7-15(14)16/h5-8,22H,4,9-11H2,1-3H3,(H2,19,20,21). The summed E-state index contributed by atoms with van der Waals surface area (Å²) in [7, 11) is 0. The molecular formula is C18H24N6O. The highest BCUT2D eigenvalue weighted by Crippen LogP contribution is 2.21. The molecule has 0 saturated carbocycles. The van der Waals surface area contributed by atoms with Gasteiger partial charge in [0, 0.05) is 36.6 Å². The van der Waals surface area contributed by atoms with E-state index in [1.54, 1.807) is 6.92 Å². The Morgan fingerprint density at radius 1 is 1.24 bits per heavy atom. The van der Waals surface area contributed by atoms with E-state index in [0.717, 1.165) is 25.5 Å². The van der Waals surface area contributed by atoms with Crippen molar-refractivity contribution in [1.29, 1.82) is 0 Å². The first-order valence-electron chi connectivity index (χ1n) is 8.55. The second-order valence-corrected chi connectivity index (χ2v) is 5.88. The van der Waals surface area contributed by atoms with Gasteiger partial charge in [-0.05, 0) is 31.9 Å². The number of aromatic nitrogens is 3. The minimum atomic E-state index is 0.388. The van der Waals surface area contributed by atoms with E-state index in [9.17, 15) is 0 Å². The number of benzene rings is 1. The summed E-state index contributed by atoms with van der Waals surface area (Å²) in [6, 6.07) is 8.39. The molecule has 25 heavy (non-hydrogen) atoms. The highest BCUT2D eigenvalue weighted by atomic mass is 16.5. The molecule has 0 spiro atoms. The van der Waals surface area contributed by atoms with Crippen molar-refractivity contribution in [1.82, 2.24) is 25.8 Å². The van der Waals surface area contributed by atoms with Crippen LogP contribution in [0.25, 0.3) is 10.9 Å². The van der Waals surface area contributed by atoms with Gasteiger partial charge in [-0.15, -0.1) is 0 Å². The fourth-order valence-electron chi connectivity index (χ4n) is 2.86. The molecule has 7 heteroatoms. The molecule has 1 aromatic carbocycles. The van der Waals surface area contributed by atoms with Gasteiger partial charge >= 0.3 is 0 Å². The van der Waals surface area contributed by atoms with Gasteiger partial charge in [0.2, 0.25) is 5.89 Å². The number of nitrogens with one attached hydrogen (secondary N) is 3. The number of fused-ring (bicyclic) bond motifs is 1. The van der Waals surface area contributed by atoms with Gasteiger partial charge in [0.25, 0.3) is 0 Å². The number of H-pyrrole nitrogens is 1. The number of aliphatic imine (C=N–C) groups is 1. The highest BCUT2D eigenvalue weighted by Gasteiger charge is 2.08. The van der Waals surface area contributed by atoms with Crippen LogP contribution in [0.5, 0.6) is 0 Å². The summed E-state index contributed by atoms with van der Waals surface area (Å²) in [6.45, 7) is 7.90. The first kappa shape index (κ1) is 17.0. The second-order valence-electron chi connectivity index (χ2n) is 5.88. The van der Waals surface area contributed by atoms with Gasteiger partial charge in [-0.3, -0.25) is 0 Å². The molecule has 2 aromatic heterocycles. The molecule has 3 aromatic rings. The number of nitrogens with zero attached hydrogens (tertiary/aromatic N) is 3. The molecule has 132 valence electrons. The molecule has 2 heterocycles. The van der Waals surface area contributed by atoms with Crippen LogP contribution < -0.4 is 10.6 Å². The lowest BCUT2D eigenvalue weighted by Gasteiger charge is -2.11. The molecule has 0 aliphatic carbocycles. The van der Waals surface area contributed by atoms with Gasteiger partial charge in [-0.25, -0.2) is 4.99 Å². The highest BCUT2D eigenvalue weighted by molar-refractivity contribution is 5.84. The number of para-hydroxylation sites is 1. The van der Waals surface area contributed by atoms with E-state index >= 15 is 0 Å². The Hall–Kier alpha value is -2.83. The van der Waals surface area contributed by atoms with E-state index in [1.807, 2.05) is 6.92 Å². The molecule has 0 atom stereocenters. The normalized spacial score (nSPS) is 11.9. The fraction of sp³-hybridized carbons (Fsp3) is 0.389. The average molecular weight is 340 g/mol. The summed E-state index contributed by atoms with van der Waals surface area (Å²) in [5.41, 5.74) is 3.74. The molecule has 0 radical (unpaired) electrons. The summed E-state index contributed by atoms with van der Waals surface area (Å²) in [5, 5.41) is 11.7. The third kappa shape index (κ3) is 4.17. The zero-order valence-electron chi connectivity index (χ0n) is 14.9. The monoisotopic (exact) mass is 340 g/mol. The molecule has 0 aliphatic rings. The molecule has 0 aliphatic heterocycles. The molecule has 3 rings (SSSR count). The van der Waals surface area contributed by atoms with Crippen LogP contribution in [-0.4, -0.2) is 34.2 Å². The number of guanidine groups is 1. The first-order valence-corrected chi connectivity index (χ1v) is 8.55. The van der Waals surface area contributed by atoms with Crippen molar-refractivity contribution in [3.8, 4) is 0 Å². The molecule has 3 N–H and O–H groups in total. The fourth-order valence-corrected chi connectivity index (χ4v) is 2.86. The third-order valence-electron chi connectivity index (χ3n) is 3.99. The zero-order chi connectivity index (χ0) is 17.6. The van der Waals surface area contributed by atoms with Gasteiger partial charge in [-0.2, -0.15) is 4.98 Å². The van der Waals surface area contributed by atoms with Gasteiger partial charge in [0.05, 0.1) is 0 Å². The Bertz CT molecular complexity index is 863. The molecular weight excluding hydrogens is 316 g/mol. The summed E-state index contributed by atoms with van der Waals surface area (Å²) >= 11 is 0. The van der Waals surface area contributed by atoms with Crippen molar-refractivity contribution in [3.63, 3.8) is 0 Å². The van der Waals surface area contributed by atoms with Crippen molar-refractivity contribution in [2.24, 2.45) is 4.99 Å². The number of rotatable bonds is 6.